The third kappa shape index (κ3) is 4.96. The smallest absolute Gasteiger partial charge is 0.261 e. The maximum atomic E-state index is 12.4. The number of nitrogens with zero attached hydrogens (tertiary/aromatic N) is 1. The van der Waals surface area contributed by atoms with Gasteiger partial charge in [0.15, 0.2) is 0 Å². The summed E-state index contributed by atoms with van der Waals surface area (Å²) in [6.45, 7) is 3.84. The van der Waals surface area contributed by atoms with Crippen molar-refractivity contribution in [2.24, 2.45) is 0 Å². The first-order chi connectivity index (χ1) is 11.7. The zero-order valence-corrected chi connectivity index (χ0v) is 15.5. The highest BCUT2D eigenvalue weighted by molar-refractivity contribution is 7.92. The molecule has 7 heteroatoms. The van der Waals surface area contributed by atoms with Gasteiger partial charge in [-0.25, -0.2) is 8.42 Å². The highest BCUT2D eigenvalue weighted by Crippen LogP contribution is 2.20. The van der Waals surface area contributed by atoms with E-state index in [9.17, 15) is 13.2 Å². The summed E-state index contributed by atoms with van der Waals surface area (Å²) in [6, 6.07) is 12.5. The summed E-state index contributed by atoms with van der Waals surface area (Å²) < 4.78 is 32.9. The van der Waals surface area contributed by atoms with Crippen LogP contribution in [0.5, 0.6) is 5.75 Å². The summed E-state index contributed by atoms with van der Waals surface area (Å²) in [7, 11) is -0.447. The summed E-state index contributed by atoms with van der Waals surface area (Å²) in [4.78, 5) is 13.4. The zero-order chi connectivity index (χ0) is 18.6. The number of hydrogen-bond donors (Lipinski definition) is 1. The van der Waals surface area contributed by atoms with Crippen LogP contribution in [0.3, 0.4) is 0 Å². The molecule has 0 saturated heterocycles. The van der Waals surface area contributed by atoms with Crippen molar-refractivity contribution in [3.63, 3.8) is 0 Å². The Kier molecular flexibility index (Phi) is 5.69. The number of sulfonamides is 1. The number of carbonyl (C=O) groups is 1. The van der Waals surface area contributed by atoms with Gasteiger partial charge in [0.25, 0.3) is 15.9 Å². The Morgan fingerprint density at radius 3 is 2.04 bits per heavy atom. The number of rotatable bonds is 6. The Morgan fingerprint density at radius 2 is 1.56 bits per heavy atom. The molecule has 134 valence electrons. The standard InChI is InChI=1S/C18H22N2O4S/c1-13(2)24-16-9-7-15(8-10-16)19-25(22,23)17-11-5-14(6-12-17)18(21)20(3)4/h5-13,19H,1-4H3. The van der Waals surface area contributed by atoms with Gasteiger partial charge in [-0.2, -0.15) is 0 Å². The highest BCUT2D eigenvalue weighted by Gasteiger charge is 2.16. The van der Waals surface area contributed by atoms with E-state index in [1.165, 1.54) is 29.2 Å². The lowest BCUT2D eigenvalue weighted by Gasteiger charge is -2.12. The Morgan fingerprint density at radius 1 is 1.00 bits per heavy atom. The second kappa shape index (κ2) is 7.57. The van der Waals surface area contributed by atoms with Crippen LogP contribution < -0.4 is 9.46 Å². The van der Waals surface area contributed by atoms with Crippen molar-refractivity contribution in [2.75, 3.05) is 18.8 Å². The molecule has 0 aromatic heterocycles. The van der Waals surface area contributed by atoms with Crippen LogP contribution in [0.1, 0.15) is 24.2 Å². The predicted octanol–water partition coefficient (Wildman–Crippen LogP) is 2.98. The topological polar surface area (TPSA) is 75.7 Å². The summed E-state index contributed by atoms with van der Waals surface area (Å²) in [5, 5.41) is 0. The first-order valence-electron chi connectivity index (χ1n) is 7.80. The minimum atomic E-state index is -3.73. The minimum absolute atomic E-state index is 0.0472. The van der Waals surface area contributed by atoms with Crippen molar-refractivity contribution >= 4 is 21.6 Å². The van der Waals surface area contributed by atoms with Crippen LogP contribution in [0.25, 0.3) is 0 Å². The van der Waals surface area contributed by atoms with Crippen LogP contribution in [0.15, 0.2) is 53.4 Å². The third-order valence-corrected chi connectivity index (χ3v) is 4.69. The molecule has 0 atom stereocenters. The van der Waals surface area contributed by atoms with Crippen LogP contribution in [-0.2, 0) is 10.0 Å². The quantitative estimate of drug-likeness (QED) is 0.857. The monoisotopic (exact) mass is 362 g/mol. The molecule has 1 N–H and O–H groups in total. The lowest BCUT2D eigenvalue weighted by atomic mass is 10.2. The average molecular weight is 362 g/mol. The largest absolute Gasteiger partial charge is 0.491 e. The van der Waals surface area contributed by atoms with E-state index in [4.69, 9.17) is 4.74 Å². The fourth-order valence-electron chi connectivity index (χ4n) is 2.12. The van der Waals surface area contributed by atoms with E-state index in [2.05, 4.69) is 4.72 Å². The molecule has 0 spiro atoms. The molecule has 0 fully saturated rings. The van der Waals surface area contributed by atoms with E-state index >= 15 is 0 Å². The Labute approximate surface area is 148 Å². The summed E-state index contributed by atoms with van der Waals surface area (Å²) >= 11 is 0. The maximum Gasteiger partial charge on any atom is 0.261 e. The van der Waals surface area contributed by atoms with Crippen molar-refractivity contribution < 1.29 is 17.9 Å². The van der Waals surface area contributed by atoms with Crippen LogP contribution >= 0.6 is 0 Å². The van der Waals surface area contributed by atoms with Gasteiger partial charge in [0.2, 0.25) is 0 Å². The van der Waals surface area contributed by atoms with Crippen molar-refractivity contribution in [1.29, 1.82) is 0 Å². The molecule has 0 saturated carbocycles. The molecule has 25 heavy (non-hydrogen) atoms. The van der Waals surface area contributed by atoms with Crippen molar-refractivity contribution in [2.45, 2.75) is 24.8 Å². The van der Waals surface area contributed by atoms with E-state index < -0.39 is 10.0 Å². The molecular weight excluding hydrogens is 340 g/mol. The van der Waals surface area contributed by atoms with E-state index in [1.54, 1.807) is 38.4 Å². The Bertz CT molecular complexity index is 826. The van der Waals surface area contributed by atoms with Gasteiger partial charge in [0.05, 0.1) is 11.0 Å². The third-order valence-electron chi connectivity index (χ3n) is 3.30. The van der Waals surface area contributed by atoms with Crippen molar-refractivity contribution in [3.8, 4) is 5.75 Å². The predicted molar refractivity (Wildman–Crippen MR) is 97.5 cm³/mol. The average Bonchev–Trinajstić information content (AvgIpc) is 2.55. The molecule has 0 aliphatic heterocycles. The number of hydrogen-bond acceptors (Lipinski definition) is 4. The lowest BCUT2D eigenvalue weighted by molar-refractivity contribution is 0.0827. The van der Waals surface area contributed by atoms with Gasteiger partial charge >= 0.3 is 0 Å². The van der Waals surface area contributed by atoms with Crippen LogP contribution in [0, 0.1) is 0 Å². The zero-order valence-electron chi connectivity index (χ0n) is 14.7. The molecule has 2 rings (SSSR count). The lowest BCUT2D eigenvalue weighted by Crippen LogP contribution is -2.21. The number of ether oxygens (including phenoxy) is 1. The van der Waals surface area contributed by atoms with Gasteiger partial charge in [-0.1, -0.05) is 0 Å². The highest BCUT2D eigenvalue weighted by atomic mass is 32.2. The van der Waals surface area contributed by atoms with Gasteiger partial charge in [0.1, 0.15) is 5.75 Å². The van der Waals surface area contributed by atoms with Crippen LogP contribution in [0.4, 0.5) is 5.69 Å². The molecule has 0 aliphatic rings. The molecule has 1 amide bonds. The number of nitrogens with one attached hydrogen (secondary N) is 1. The Balaban J connectivity index is 2.14. The van der Waals surface area contributed by atoms with Crippen LogP contribution in [0.2, 0.25) is 0 Å². The Hall–Kier alpha value is -2.54. The molecule has 6 nitrogen and oxygen atoms in total. The van der Waals surface area contributed by atoms with E-state index in [0.29, 0.717) is 17.0 Å². The second-order valence-corrected chi connectivity index (χ2v) is 7.70. The van der Waals surface area contributed by atoms with Crippen molar-refractivity contribution in [3.05, 3.63) is 54.1 Å². The SMILES string of the molecule is CC(C)Oc1ccc(NS(=O)(=O)c2ccc(C(=O)N(C)C)cc2)cc1. The minimum Gasteiger partial charge on any atom is -0.491 e. The van der Waals surface area contributed by atoms with Gasteiger partial charge in [0, 0.05) is 25.3 Å². The van der Waals surface area contributed by atoms with E-state index in [-0.39, 0.29) is 16.9 Å². The number of anilines is 1. The fraction of sp³-hybridized carbons (Fsp3) is 0.278. The van der Waals surface area contributed by atoms with Gasteiger partial charge in [-0.15, -0.1) is 0 Å². The van der Waals surface area contributed by atoms with E-state index in [1.807, 2.05) is 13.8 Å². The molecular formula is C18H22N2O4S. The summed E-state index contributed by atoms with van der Waals surface area (Å²) in [5.41, 5.74) is 0.865. The summed E-state index contributed by atoms with van der Waals surface area (Å²) in [5.74, 6) is 0.488. The number of amides is 1. The number of benzene rings is 2. The molecule has 0 radical (unpaired) electrons. The van der Waals surface area contributed by atoms with Crippen molar-refractivity contribution in [1.82, 2.24) is 4.90 Å². The first kappa shape index (κ1) is 18.8. The molecule has 2 aromatic carbocycles. The summed E-state index contributed by atoms with van der Waals surface area (Å²) in [6.07, 6.45) is 0.0472. The van der Waals surface area contributed by atoms with Gasteiger partial charge < -0.3 is 9.64 Å². The molecule has 0 bridgehead atoms. The van der Waals surface area contributed by atoms with Gasteiger partial charge in [-0.3, -0.25) is 9.52 Å². The maximum absolute atomic E-state index is 12.4. The van der Waals surface area contributed by atoms with E-state index in [0.717, 1.165) is 0 Å². The molecule has 0 aliphatic carbocycles. The molecule has 0 unspecified atom stereocenters. The first-order valence-corrected chi connectivity index (χ1v) is 9.28. The number of carbonyl (C=O) groups excluding carboxylic acids is 1. The normalized spacial score (nSPS) is 11.2. The fourth-order valence-corrected chi connectivity index (χ4v) is 3.18. The van der Waals surface area contributed by atoms with Gasteiger partial charge in [-0.05, 0) is 62.4 Å². The van der Waals surface area contributed by atoms with Crippen LogP contribution in [-0.4, -0.2) is 39.4 Å². The molecule has 2 aromatic rings. The second-order valence-electron chi connectivity index (χ2n) is 6.02. The molecule has 0 heterocycles.